The van der Waals surface area contributed by atoms with Crippen LogP contribution < -0.4 is 0 Å². The van der Waals surface area contributed by atoms with Gasteiger partial charge in [-0.25, -0.2) is 0 Å². The molecule has 18 heavy (non-hydrogen) atoms. The number of nitrogens with zero attached hydrogens (tertiary/aromatic N) is 3. The van der Waals surface area contributed by atoms with Crippen molar-refractivity contribution in [3.8, 4) is 0 Å². The summed E-state index contributed by atoms with van der Waals surface area (Å²) >= 11 is 0. The van der Waals surface area contributed by atoms with Gasteiger partial charge >= 0.3 is 0 Å². The Labute approximate surface area is 105 Å². The van der Waals surface area contributed by atoms with Gasteiger partial charge in [-0.15, -0.1) is 5.12 Å². The molecule has 9 nitrogen and oxygen atoms in total. The van der Waals surface area contributed by atoms with Crippen LogP contribution in [0.3, 0.4) is 0 Å². The van der Waals surface area contributed by atoms with E-state index in [1.807, 2.05) is 0 Å². The molecule has 0 spiro atoms. The topological polar surface area (TPSA) is 131 Å². The summed E-state index contributed by atoms with van der Waals surface area (Å²) in [6.45, 7) is -2.60. The number of rotatable bonds is 6. The molecule has 6 N–H and O–H groups in total. The van der Waals surface area contributed by atoms with Crippen LogP contribution in [0.5, 0.6) is 0 Å². The highest BCUT2D eigenvalue weighted by molar-refractivity contribution is 4.89. The van der Waals surface area contributed by atoms with Crippen molar-refractivity contribution in [2.24, 2.45) is 5.92 Å². The molecule has 0 aliphatic carbocycles. The largest absolute Gasteiger partial charge is 0.396 e. The standard InChI is InChI=1S/C9H21N3O6/c13-1-7-8(2-14)10(4-16)12(6-18)11(5-17)9(7)3-15/h7-9,13-18H,1-6H2. The zero-order valence-electron chi connectivity index (χ0n) is 10.00. The van der Waals surface area contributed by atoms with Crippen molar-refractivity contribution in [2.45, 2.75) is 12.1 Å². The van der Waals surface area contributed by atoms with Crippen LogP contribution in [0.1, 0.15) is 0 Å². The summed E-state index contributed by atoms with van der Waals surface area (Å²) in [6.07, 6.45) is 0. The van der Waals surface area contributed by atoms with E-state index in [9.17, 15) is 30.6 Å². The summed E-state index contributed by atoms with van der Waals surface area (Å²) in [6, 6.07) is -1.32. The first-order chi connectivity index (χ1) is 8.69. The average molecular weight is 267 g/mol. The molecular formula is C9H21N3O6. The van der Waals surface area contributed by atoms with Gasteiger partial charge in [0, 0.05) is 12.5 Å². The van der Waals surface area contributed by atoms with E-state index in [-0.39, 0.29) is 19.8 Å². The lowest BCUT2D eigenvalue weighted by molar-refractivity contribution is -0.336. The van der Waals surface area contributed by atoms with E-state index in [0.717, 1.165) is 5.12 Å². The van der Waals surface area contributed by atoms with Crippen molar-refractivity contribution >= 4 is 0 Å². The summed E-state index contributed by atoms with van der Waals surface area (Å²) in [5.74, 6) is -0.568. The molecule has 0 amide bonds. The Morgan fingerprint density at radius 1 is 0.611 bits per heavy atom. The van der Waals surface area contributed by atoms with E-state index in [4.69, 9.17) is 0 Å². The molecule has 0 aromatic rings. The van der Waals surface area contributed by atoms with Gasteiger partial charge in [0.15, 0.2) is 0 Å². The Kier molecular flexibility index (Phi) is 6.35. The van der Waals surface area contributed by atoms with Crippen molar-refractivity contribution in [3.63, 3.8) is 0 Å². The maximum Gasteiger partial charge on any atom is 0.124 e. The van der Waals surface area contributed by atoms with E-state index >= 15 is 0 Å². The molecule has 0 radical (unpaired) electrons. The second-order valence-corrected chi connectivity index (χ2v) is 4.02. The molecule has 1 rings (SSSR count). The minimum absolute atomic E-state index is 0.331. The van der Waals surface area contributed by atoms with Crippen LogP contribution in [0.2, 0.25) is 0 Å². The summed E-state index contributed by atoms with van der Waals surface area (Å²) in [4.78, 5) is 0. The number of aliphatic hydroxyl groups excluding tert-OH is 6. The van der Waals surface area contributed by atoms with Gasteiger partial charge in [-0.1, -0.05) is 0 Å². The van der Waals surface area contributed by atoms with Crippen LogP contribution in [-0.4, -0.2) is 97.9 Å². The lowest BCUT2D eigenvalue weighted by Crippen LogP contribution is -2.71. The molecule has 2 atom stereocenters. The first kappa shape index (κ1) is 15.7. The molecule has 2 unspecified atom stereocenters. The first-order valence-electron chi connectivity index (χ1n) is 5.65. The Hall–Kier alpha value is -0.360. The normalized spacial score (nSPS) is 32.0. The number of hydrogen-bond acceptors (Lipinski definition) is 9. The zero-order chi connectivity index (χ0) is 13.7. The molecule has 1 aliphatic rings. The fourth-order valence-electron chi connectivity index (χ4n) is 2.41. The van der Waals surface area contributed by atoms with Crippen molar-refractivity contribution < 1.29 is 30.6 Å². The summed E-state index contributed by atoms with van der Waals surface area (Å²) < 4.78 is 0. The van der Waals surface area contributed by atoms with Gasteiger partial charge in [0.2, 0.25) is 0 Å². The lowest BCUT2D eigenvalue weighted by atomic mass is 9.91. The third-order valence-electron chi connectivity index (χ3n) is 3.35. The smallest absolute Gasteiger partial charge is 0.124 e. The Morgan fingerprint density at radius 2 is 1.06 bits per heavy atom. The van der Waals surface area contributed by atoms with Gasteiger partial charge in [0.05, 0.1) is 25.3 Å². The number of aliphatic hydroxyl groups is 6. The molecule has 0 bridgehead atoms. The van der Waals surface area contributed by atoms with E-state index in [2.05, 4.69) is 0 Å². The third-order valence-corrected chi connectivity index (χ3v) is 3.35. The Morgan fingerprint density at radius 3 is 1.28 bits per heavy atom. The highest BCUT2D eigenvalue weighted by Gasteiger charge is 2.45. The van der Waals surface area contributed by atoms with E-state index in [0.29, 0.717) is 0 Å². The predicted molar refractivity (Wildman–Crippen MR) is 59.1 cm³/mol. The monoisotopic (exact) mass is 267 g/mol. The van der Waals surface area contributed by atoms with Gasteiger partial charge in [-0.2, -0.15) is 10.0 Å². The van der Waals surface area contributed by atoms with Gasteiger partial charge in [0.25, 0.3) is 0 Å². The molecule has 1 saturated heterocycles. The second-order valence-electron chi connectivity index (χ2n) is 4.02. The molecular weight excluding hydrogens is 246 g/mol. The number of hydrogen-bond donors (Lipinski definition) is 6. The Bertz CT molecular complexity index is 172. The molecule has 0 aromatic carbocycles. The maximum atomic E-state index is 9.36. The van der Waals surface area contributed by atoms with Gasteiger partial charge in [-0.05, 0) is 0 Å². The highest BCUT2D eigenvalue weighted by atomic mass is 16.3. The van der Waals surface area contributed by atoms with Crippen molar-refractivity contribution in [1.29, 1.82) is 0 Å². The van der Waals surface area contributed by atoms with E-state index in [1.165, 1.54) is 10.0 Å². The predicted octanol–water partition coefficient (Wildman–Crippen LogP) is -4.08. The minimum Gasteiger partial charge on any atom is -0.396 e. The molecule has 108 valence electrons. The number of hydrazine groups is 2. The summed E-state index contributed by atoms with van der Waals surface area (Å²) in [5, 5.41) is 59.5. The fourth-order valence-corrected chi connectivity index (χ4v) is 2.41. The van der Waals surface area contributed by atoms with Gasteiger partial charge in [0.1, 0.15) is 20.2 Å². The van der Waals surface area contributed by atoms with Gasteiger partial charge < -0.3 is 30.6 Å². The molecule has 1 aliphatic heterocycles. The van der Waals surface area contributed by atoms with Crippen LogP contribution in [0.15, 0.2) is 0 Å². The quantitative estimate of drug-likeness (QED) is 0.284. The van der Waals surface area contributed by atoms with Crippen molar-refractivity contribution in [2.75, 3.05) is 40.0 Å². The van der Waals surface area contributed by atoms with Crippen LogP contribution in [0.25, 0.3) is 0 Å². The third kappa shape index (κ3) is 2.64. The fraction of sp³-hybridized carbons (Fsp3) is 1.00. The Balaban J connectivity index is 3.06. The average Bonchev–Trinajstić information content (AvgIpc) is 2.43. The maximum absolute atomic E-state index is 9.36. The molecule has 1 fully saturated rings. The van der Waals surface area contributed by atoms with Crippen LogP contribution >= 0.6 is 0 Å². The second kappa shape index (κ2) is 7.28. The lowest BCUT2D eigenvalue weighted by Gasteiger charge is -2.54. The van der Waals surface area contributed by atoms with Crippen molar-refractivity contribution in [3.05, 3.63) is 0 Å². The summed E-state index contributed by atoms with van der Waals surface area (Å²) in [5.41, 5.74) is 0. The van der Waals surface area contributed by atoms with Crippen LogP contribution in [0, 0.1) is 5.92 Å². The van der Waals surface area contributed by atoms with E-state index < -0.39 is 38.2 Å². The van der Waals surface area contributed by atoms with Gasteiger partial charge in [-0.3, -0.25) is 0 Å². The van der Waals surface area contributed by atoms with Crippen LogP contribution in [-0.2, 0) is 0 Å². The zero-order valence-corrected chi connectivity index (χ0v) is 10.00. The SMILES string of the molecule is OCC1C(CO)N(CO)N(CO)N(CO)C1CO. The van der Waals surface area contributed by atoms with Crippen molar-refractivity contribution in [1.82, 2.24) is 15.1 Å². The summed E-state index contributed by atoms with van der Waals surface area (Å²) in [7, 11) is 0. The van der Waals surface area contributed by atoms with E-state index in [1.54, 1.807) is 0 Å². The molecule has 9 heteroatoms. The molecule has 0 saturated carbocycles. The highest BCUT2D eigenvalue weighted by Crippen LogP contribution is 2.28. The first-order valence-corrected chi connectivity index (χ1v) is 5.65. The molecule has 0 aromatic heterocycles. The molecule has 1 heterocycles. The minimum atomic E-state index is -0.660. The van der Waals surface area contributed by atoms with Crippen LogP contribution in [0.4, 0.5) is 0 Å².